The molecule has 0 radical (unpaired) electrons. The highest BCUT2D eigenvalue weighted by molar-refractivity contribution is 14.0. The van der Waals surface area contributed by atoms with E-state index in [-0.39, 0.29) is 28.7 Å². The van der Waals surface area contributed by atoms with Crippen molar-refractivity contribution in [3.63, 3.8) is 0 Å². The van der Waals surface area contributed by atoms with Gasteiger partial charge in [-0.1, -0.05) is 6.92 Å². The Bertz CT molecular complexity index is 293. The lowest BCUT2D eigenvalue weighted by Gasteiger charge is -2.24. The van der Waals surface area contributed by atoms with Crippen LogP contribution < -0.4 is 10.6 Å². The van der Waals surface area contributed by atoms with E-state index in [4.69, 9.17) is 0 Å². The zero-order chi connectivity index (χ0) is 14.3. The van der Waals surface area contributed by atoms with Crippen molar-refractivity contribution in [2.75, 3.05) is 39.5 Å². The van der Waals surface area contributed by atoms with Crippen molar-refractivity contribution in [2.45, 2.75) is 44.4 Å². The number of halogens is 1. The van der Waals surface area contributed by atoms with E-state index in [0.29, 0.717) is 0 Å². The van der Waals surface area contributed by atoms with Gasteiger partial charge in [0, 0.05) is 37.5 Å². The van der Waals surface area contributed by atoms with E-state index in [1.54, 1.807) is 0 Å². The summed E-state index contributed by atoms with van der Waals surface area (Å²) in [7, 11) is 1.83. The molecule has 1 rings (SSSR count). The van der Waals surface area contributed by atoms with Gasteiger partial charge in [0.15, 0.2) is 5.96 Å². The molecule has 0 saturated heterocycles. The van der Waals surface area contributed by atoms with Crippen LogP contribution in [0.1, 0.15) is 33.6 Å². The Morgan fingerprint density at radius 1 is 1.35 bits per heavy atom. The normalized spacial score (nSPS) is 16.0. The molecule has 0 unspecified atom stereocenters. The summed E-state index contributed by atoms with van der Waals surface area (Å²) in [6.07, 6.45) is 4.90. The van der Waals surface area contributed by atoms with Crippen molar-refractivity contribution in [3.05, 3.63) is 0 Å². The summed E-state index contributed by atoms with van der Waals surface area (Å²) >= 11 is 1.87. The molecule has 0 aromatic carbocycles. The van der Waals surface area contributed by atoms with Crippen molar-refractivity contribution in [1.82, 2.24) is 15.5 Å². The van der Waals surface area contributed by atoms with Crippen LogP contribution in [0.25, 0.3) is 0 Å². The second-order valence-corrected chi connectivity index (χ2v) is 7.19. The summed E-state index contributed by atoms with van der Waals surface area (Å²) in [4.78, 5) is 6.82. The molecule has 1 fully saturated rings. The molecule has 4 nitrogen and oxygen atoms in total. The SMILES string of the molecule is CCN(CCNC(=NC)NCC(C)(C)SC)C1CC1.I. The predicted molar refractivity (Wildman–Crippen MR) is 103 cm³/mol. The van der Waals surface area contributed by atoms with E-state index in [2.05, 4.69) is 47.6 Å². The first-order valence-corrected chi connectivity index (χ1v) is 8.48. The summed E-state index contributed by atoms with van der Waals surface area (Å²) in [6.45, 7) is 10.9. The van der Waals surface area contributed by atoms with E-state index in [0.717, 1.165) is 38.2 Å². The minimum absolute atomic E-state index is 0. The molecule has 6 heteroatoms. The number of nitrogens with zero attached hydrogens (tertiary/aromatic N) is 2. The highest BCUT2D eigenvalue weighted by atomic mass is 127. The molecule has 1 saturated carbocycles. The van der Waals surface area contributed by atoms with Crippen molar-refractivity contribution >= 4 is 41.7 Å². The molecular weight excluding hydrogens is 383 g/mol. The summed E-state index contributed by atoms with van der Waals surface area (Å²) in [5, 5.41) is 6.80. The number of aliphatic imine (C=N–C) groups is 1. The molecule has 0 amide bonds. The number of likely N-dealkylation sites (N-methyl/N-ethyl adjacent to an activating group) is 1. The van der Waals surface area contributed by atoms with Crippen LogP contribution in [0.4, 0.5) is 0 Å². The van der Waals surface area contributed by atoms with Crippen LogP contribution in [0.15, 0.2) is 4.99 Å². The number of guanidine groups is 1. The Morgan fingerprint density at radius 2 is 2.00 bits per heavy atom. The zero-order valence-corrected chi connectivity index (χ0v) is 16.7. The Kier molecular flexibility index (Phi) is 10.3. The maximum atomic E-state index is 4.28. The van der Waals surface area contributed by atoms with E-state index >= 15 is 0 Å². The number of rotatable bonds is 8. The van der Waals surface area contributed by atoms with Gasteiger partial charge in [0.1, 0.15) is 0 Å². The van der Waals surface area contributed by atoms with Gasteiger partial charge in [-0.2, -0.15) is 11.8 Å². The Hall–Kier alpha value is 0.310. The zero-order valence-electron chi connectivity index (χ0n) is 13.5. The molecule has 0 bridgehead atoms. The van der Waals surface area contributed by atoms with Crippen LogP contribution in [0.3, 0.4) is 0 Å². The lowest BCUT2D eigenvalue weighted by Crippen LogP contribution is -2.45. The molecular formula is C14H31IN4S. The minimum atomic E-state index is 0. The van der Waals surface area contributed by atoms with Gasteiger partial charge in [-0.05, 0) is 39.5 Å². The third-order valence-corrected chi connectivity index (χ3v) is 4.87. The van der Waals surface area contributed by atoms with E-state index in [9.17, 15) is 0 Å². The molecule has 0 spiro atoms. The van der Waals surface area contributed by atoms with Gasteiger partial charge in [0.2, 0.25) is 0 Å². The van der Waals surface area contributed by atoms with Crippen molar-refractivity contribution < 1.29 is 0 Å². The first kappa shape index (κ1) is 20.3. The van der Waals surface area contributed by atoms with Crippen LogP contribution in [0.5, 0.6) is 0 Å². The lowest BCUT2D eigenvalue weighted by atomic mass is 10.2. The van der Waals surface area contributed by atoms with E-state index < -0.39 is 0 Å². The highest BCUT2D eigenvalue weighted by Crippen LogP contribution is 2.25. The first-order valence-electron chi connectivity index (χ1n) is 7.26. The van der Waals surface area contributed by atoms with Gasteiger partial charge in [-0.3, -0.25) is 9.89 Å². The smallest absolute Gasteiger partial charge is 0.191 e. The molecule has 20 heavy (non-hydrogen) atoms. The largest absolute Gasteiger partial charge is 0.355 e. The van der Waals surface area contributed by atoms with Gasteiger partial charge in [-0.25, -0.2) is 0 Å². The van der Waals surface area contributed by atoms with Crippen molar-refractivity contribution in [3.8, 4) is 0 Å². The summed E-state index contributed by atoms with van der Waals surface area (Å²) in [5.74, 6) is 0.911. The van der Waals surface area contributed by atoms with Crippen LogP contribution in [0, 0.1) is 0 Å². The molecule has 0 aliphatic heterocycles. The minimum Gasteiger partial charge on any atom is -0.355 e. The standard InChI is InChI=1S/C14H30N4S.HI/c1-6-18(12-7-8-12)10-9-16-13(15-4)17-11-14(2,3)19-5;/h12H,6-11H2,1-5H3,(H2,15,16,17);1H. The van der Waals surface area contributed by atoms with E-state index in [1.165, 1.54) is 12.8 Å². The summed E-state index contributed by atoms with van der Waals surface area (Å²) in [6, 6.07) is 0.845. The molecule has 1 aliphatic rings. The van der Waals surface area contributed by atoms with Crippen LogP contribution in [-0.2, 0) is 0 Å². The van der Waals surface area contributed by atoms with Crippen LogP contribution >= 0.6 is 35.7 Å². The van der Waals surface area contributed by atoms with Crippen molar-refractivity contribution in [1.29, 1.82) is 0 Å². The van der Waals surface area contributed by atoms with Gasteiger partial charge in [-0.15, -0.1) is 24.0 Å². The topological polar surface area (TPSA) is 39.7 Å². The van der Waals surface area contributed by atoms with Crippen LogP contribution in [0.2, 0.25) is 0 Å². The average molecular weight is 414 g/mol. The quantitative estimate of drug-likeness (QED) is 0.364. The second kappa shape index (κ2) is 10.1. The number of thioether (sulfide) groups is 1. The fourth-order valence-corrected chi connectivity index (χ4v) is 2.16. The molecule has 120 valence electrons. The summed E-state index contributed by atoms with van der Waals surface area (Å²) in [5.41, 5.74) is 0. The monoisotopic (exact) mass is 414 g/mol. The van der Waals surface area contributed by atoms with Gasteiger partial charge in [0.05, 0.1) is 0 Å². The highest BCUT2D eigenvalue weighted by Gasteiger charge is 2.27. The maximum Gasteiger partial charge on any atom is 0.191 e. The lowest BCUT2D eigenvalue weighted by molar-refractivity contribution is 0.282. The van der Waals surface area contributed by atoms with Crippen molar-refractivity contribution in [2.24, 2.45) is 4.99 Å². The Labute approximate surface area is 145 Å². The predicted octanol–water partition coefficient (Wildman–Crippen LogP) is 2.40. The first-order chi connectivity index (χ1) is 9.02. The Balaban J connectivity index is 0.00000361. The Morgan fingerprint density at radius 3 is 2.45 bits per heavy atom. The maximum absolute atomic E-state index is 4.28. The molecule has 0 aromatic heterocycles. The third kappa shape index (κ3) is 7.93. The fourth-order valence-electron chi connectivity index (χ4n) is 1.95. The fraction of sp³-hybridized carbons (Fsp3) is 0.929. The van der Waals surface area contributed by atoms with Gasteiger partial charge in [0.25, 0.3) is 0 Å². The number of hydrogen-bond donors (Lipinski definition) is 2. The molecule has 0 aromatic rings. The molecule has 0 atom stereocenters. The molecule has 2 N–H and O–H groups in total. The van der Waals surface area contributed by atoms with Gasteiger partial charge < -0.3 is 10.6 Å². The number of hydrogen-bond acceptors (Lipinski definition) is 3. The van der Waals surface area contributed by atoms with E-state index in [1.807, 2.05) is 18.8 Å². The third-order valence-electron chi connectivity index (χ3n) is 3.62. The average Bonchev–Trinajstić information content (AvgIpc) is 3.22. The summed E-state index contributed by atoms with van der Waals surface area (Å²) < 4.78 is 0.237. The number of nitrogens with one attached hydrogen (secondary N) is 2. The molecule has 1 aliphatic carbocycles. The van der Waals surface area contributed by atoms with Crippen LogP contribution in [-0.4, -0.2) is 61.1 Å². The second-order valence-electron chi connectivity index (χ2n) is 5.68. The molecule has 0 heterocycles. The van der Waals surface area contributed by atoms with Gasteiger partial charge >= 0.3 is 0 Å².